The first-order valence-electron chi connectivity index (χ1n) is 5.03. The van der Waals surface area contributed by atoms with E-state index in [2.05, 4.69) is 4.74 Å². The lowest BCUT2D eigenvalue weighted by Crippen LogP contribution is -2.05. The Balaban J connectivity index is 2.28. The first kappa shape index (κ1) is 12.5. The summed E-state index contributed by atoms with van der Waals surface area (Å²) in [5.41, 5.74) is 1.02. The lowest BCUT2D eigenvalue weighted by molar-refractivity contribution is -0.141. The van der Waals surface area contributed by atoms with Gasteiger partial charge in [0, 0.05) is 0 Å². The second kappa shape index (κ2) is 6.85. The van der Waals surface area contributed by atoms with Gasteiger partial charge in [-0.3, -0.25) is 4.79 Å². The topological polar surface area (TPSA) is 44.8 Å². The van der Waals surface area contributed by atoms with E-state index in [0.717, 1.165) is 11.3 Å². The Morgan fingerprint density at radius 2 is 2.12 bits per heavy atom. The summed E-state index contributed by atoms with van der Waals surface area (Å²) < 4.78 is 14.9. The molecular formula is C12H16O4. The van der Waals surface area contributed by atoms with Crippen molar-refractivity contribution >= 4 is 5.97 Å². The lowest BCUT2D eigenvalue weighted by Gasteiger charge is -2.05. The van der Waals surface area contributed by atoms with E-state index in [1.54, 1.807) is 7.11 Å². The third-order valence-electron chi connectivity index (χ3n) is 2.08. The molecule has 0 radical (unpaired) electrons. The highest BCUT2D eigenvalue weighted by molar-refractivity contribution is 5.69. The minimum Gasteiger partial charge on any atom is -0.497 e. The van der Waals surface area contributed by atoms with Crippen LogP contribution in [0.3, 0.4) is 0 Å². The van der Waals surface area contributed by atoms with Crippen molar-refractivity contribution in [3.63, 3.8) is 0 Å². The summed E-state index contributed by atoms with van der Waals surface area (Å²) in [6.45, 7) is 0.831. The summed E-state index contributed by atoms with van der Waals surface area (Å²) in [6.07, 6.45) is 0.278. The summed E-state index contributed by atoms with van der Waals surface area (Å²) in [6, 6.07) is 7.62. The minimum atomic E-state index is -0.259. The fourth-order valence-corrected chi connectivity index (χ4v) is 1.21. The lowest BCUT2D eigenvalue weighted by atomic mass is 10.2. The predicted molar refractivity (Wildman–Crippen MR) is 59.3 cm³/mol. The molecule has 88 valence electrons. The first-order valence-corrected chi connectivity index (χ1v) is 5.03. The molecular weight excluding hydrogens is 208 g/mol. The number of rotatable bonds is 6. The Kier molecular flexibility index (Phi) is 5.36. The van der Waals surface area contributed by atoms with Gasteiger partial charge in [0.1, 0.15) is 5.75 Å². The molecule has 1 aromatic rings. The number of esters is 1. The van der Waals surface area contributed by atoms with Gasteiger partial charge in [0.25, 0.3) is 0 Å². The standard InChI is InChI=1S/C12H16O4/c1-14-11-5-3-4-10(8-11)9-16-7-6-12(13)15-2/h3-5,8H,6-7,9H2,1-2H3. The quantitative estimate of drug-likeness (QED) is 0.545. The van der Waals surface area contributed by atoms with Crippen LogP contribution in [0.15, 0.2) is 24.3 Å². The Hall–Kier alpha value is -1.55. The molecule has 1 rings (SSSR count). The van der Waals surface area contributed by atoms with Crippen molar-refractivity contribution in [3.05, 3.63) is 29.8 Å². The van der Waals surface area contributed by atoms with Crippen molar-refractivity contribution < 1.29 is 19.0 Å². The van der Waals surface area contributed by atoms with Gasteiger partial charge in [-0.1, -0.05) is 12.1 Å². The molecule has 0 N–H and O–H groups in total. The fourth-order valence-electron chi connectivity index (χ4n) is 1.21. The Bertz CT molecular complexity index is 336. The van der Waals surface area contributed by atoms with Crippen LogP contribution in [0, 0.1) is 0 Å². The van der Waals surface area contributed by atoms with Gasteiger partial charge in [0.05, 0.1) is 33.9 Å². The molecule has 0 spiro atoms. The monoisotopic (exact) mass is 224 g/mol. The molecule has 0 fully saturated rings. The summed E-state index contributed by atoms with van der Waals surface area (Å²) in [5.74, 6) is 0.541. The van der Waals surface area contributed by atoms with Gasteiger partial charge in [-0.2, -0.15) is 0 Å². The van der Waals surface area contributed by atoms with E-state index in [1.165, 1.54) is 7.11 Å². The molecule has 0 heterocycles. The number of hydrogen-bond acceptors (Lipinski definition) is 4. The predicted octanol–water partition coefficient (Wildman–Crippen LogP) is 1.77. The molecule has 0 aromatic heterocycles. The van der Waals surface area contributed by atoms with E-state index in [-0.39, 0.29) is 12.4 Å². The molecule has 0 atom stereocenters. The maximum atomic E-state index is 10.8. The Morgan fingerprint density at radius 1 is 1.31 bits per heavy atom. The summed E-state index contributed by atoms with van der Waals surface area (Å²) >= 11 is 0. The molecule has 4 nitrogen and oxygen atoms in total. The summed E-state index contributed by atoms with van der Waals surface area (Å²) in [4.78, 5) is 10.8. The maximum Gasteiger partial charge on any atom is 0.307 e. The fraction of sp³-hybridized carbons (Fsp3) is 0.417. The SMILES string of the molecule is COC(=O)CCOCc1cccc(OC)c1. The third kappa shape index (κ3) is 4.31. The van der Waals surface area contributed by atoms with Gasteiger partial charge in [0.2, 0.25) is 0 Å². The zero-order valence-electron chi connectivity index (χ0n) is 9.56. The molecule has 0 aliphatic heterocycles. The smallest absolute Gasteiger partial charge is 0.307 e. The van der Waals surface area contributed by atoms with Crippen LogP contribution >= 0.6 is 0 Å². The number of ether oxygens (including phenoxy) is 3. The van der Waals surface area contributed by atoms with E-state index in [9.17, 15) is 4.79 Å². The largest absolute Gasteiger partial charge is 0.497 e. The number of methoxy groups -OCH3 is 2. The zero-order chi connectivity index (χ0) is 11.8. The normalized spacial score (nSPS) is 9.88. The molecule has 0 amide bonds. The molecule has 0 bridgehead atoms. The van der Waals surface area contributed by atoms with Gasteiger partial charge in [-0.05, 0) is 17.7 Å². The van der Waals surface area contributed by atoms with E-state index in [0.29, 0.717) is 13.2 Å². The third-order valence-corrected chi connectivity index (χ3v) is 2.08. The van der Waals surface area contributed by atoms with Crippen molar-refractivity contribution in [3.8, 4) is 5.75 Å². The van der Waals surface area contributed by atoms with Crippen LogP contribution in [0.1, 0.15) is 12.0 Å². The number of hydrogen-bond donors (Lipinski definition) is 0. The van der Waals surface area contributed by atoms with Crippen LogP contribution in [-0.4, -0.2) is 26.8 Å². The molecule has 0 aliphatic carbocycles. The van der Waals surface area contributed by atoms with E-state index < -0.39 is 0 Å². The minimum absolute atomic E-state index is 0.259. The highest BCUT2D eigenvalue weighted by atomic mass is 16.5. The van der Waals surface area contributed by atoms with Gasteiger partial charge >= 0.3 is 5.97 Å². The van der Waals surface area contributed by atoms with Crippen LogP contribution in [0.4, 0.5) is 0 Å². The van der Waals surface area contributed by atoms with Crippen molar-refractivity contribution in [1.82, 2.24) is 0 Å². The Labute approximate surface area is 95.1 Å². The number of benzene rings is 1. The molecule has 4 heteroatoms. The molecule has 0 unspecified atom stereocenters. The molecule has 0 saturated heterocycles. The van der Waals surface area contributed by atoms with Crippen molar-refractivity contribution in [2.45, 2.75) is 13.0 Å². The van der Waals surface area contributed by atoms with E-state index in [4.69, 9.17) is 9.47 Å². The number of carbonyl (C=O) groups is 1. The van der Waals surface area contributed by atoms with E-state index in [1.807, 2.05) is 24.3 Å². The van der Waals surface area contributed by atoms with Crippen LogP contribution in [-0.2, 0) is 20.9 Å². The molecule has 16 heavy (non-hydrogen) atoms. The second-order valence-electron chi connectivity index (χ2n) is 3.23. The van der Waals surface area contributed by atoms with Crippen molar-refractivity contribution in [2.24, 2.45) is 0 Å². The van der Waals surface area contributed by atoms with Crippen LogP contribution < -0.4 is 4.74 Å². The Morgan fingerprint density at radius 3 is 2.81 bits per heavy atom. The second-order valence-corrected chi connectivity index (χ2v) is 3.23. The van der Waals surface area contributed by atoms with Gasteiger partial charge in [-0.15, -0.1) is 0 Å². The average Bonchev–Trinajstić information content (AvgIpc) is 2.34. The van der Waals surface area contributed by atoms with Crippen LogP contribution in [0.5, 0.6) is 5.75 Å². The summed E-state index contributed by atoms with van der Waals surface area (Å²) in [5, 5.41) is 0. The van der Waals surface area contributed by atoms with E-state index >= 15 is 0 Å². The molecule has 0 saturated carbocycles. The average molecular weight is 224 g/mol. The van der Waals surface area contributed by atoms with Crippen molar-refractivity contribution in [2.75, 3.05) is 20.8 Å². The van der Waals surface area contributed by atoms with Crippen molar-refractivity contribution in [1.29, 1.82) is 0 Å². The molecule has 0 aliphatic rings. The molecule has 1 aromatic carbocycles. The summed E-state index contributed by atoms with van der Waals surface area (Å²) in [7, 11) is 2.99. The van der Waals surface area contributed by atoms with Crippen LogP contribution in [0.25, 0.3) is 0 Å². The first-order chi connectivity index (χ1) is 7.76. The van der Waals surface area contributed by atoms with Gasteiger partial charge in [0.15, 0.2) is 0 Å². The zero-order valence-corrected chi connectivity index (χ0v) is 9.56. The highest BCUT2D eigenvalue weighted by Gasteiger charge is 2.00. The maximum absolute atomic E-state index is 10.8. The van der Waals surface area contributed by atoms with Gasteiger partial charge in [-0.25, -0.2) is 0 Å². The number of carbonyl (C=O) groups excluding carboxylic acids is 1. The van der Waals surface area contributed by atoms with Gasteiger partial charge < -0.3 is 14.2 Å². The highest BCUT2D eigenvalue weighted by Crippen LogP contribution is 2.13. The van der Waals surface area contributed by atoms with Crippen LogP contribution in [0.2, 0.25) is 0 Å².